The standard InChI is InChI=1S/C10H12BrFO/c1-3-7(2)13-10-8(11)5-4-6-9(10)12/h4-7H,3H2,1-2H3. The van der Waals surface area contributed by atoms with Gasteiger partial charge in [-0.15, -0.1) is 0 Å². The maximum atomic E-state index is 13.2. The summed E-state index contributed by atoms with van der Waals surface area (Å²) >= 11 is 3.24. The number of para-hydroxylation sites is 1. The summed E-state index contributed by atoms with van der Waals surface area (Å²) in [5, 5.41) is 0. The number of ether oxygens (including phenoxy) is 1. The van der Waals surface area contributed by atoms with Crippen molar-refractivity contribution in [1.82, 2.24) is 0 Å². The minimum atomic E-state index is -0.324. The number of hydrogen-bond acceptors (Lipinski definition) is 1. The van der Waals surface area contributed by atoms with E-state index in [1.54, 1.807) is 12.1 Å². The number of hydrogen-bond donors (Lipinski definition) is 0. The van der Waals surface area contributed by atoms with Gasteiger partial charge in [-0.05, 0) is 41.4 Å². The highest BCUT2D eigenvalue weighted by molar-refractivity contribution is 9.10. The van der Waals surface area contributed by atoms with Crippen LogP contribution in [0.4, 0.5) is 4.39 Å². The molecule has 0 saturated heterocycles. The third-order valence-electron chi connectivity index (χ3n) is 1.81. The van der Waals surface area contributed by atoms with E-state index in [0.29, 0.717) is 10.2 Å². The topological polar surface area (TPSA) is 9.23 Å². The maximum absolute atomic E-state index is 13.2. The van der Waals surface area contributed by atoms with Crippen LogP contribution in [0.15, 0.2) is 22.7 Å². The van der Waals surface area contributed by atoms with Crippen molar-refractivity contribution in [3.05, 3.63) is 28.5 Å². The van der Waals surface area contributed by atoms with Crippen LogP contribution < -0.4 is 4.74 Å². The highest BCUT2D eigenvalue weighted by Crippen LogP contribution is 2.28. The van der Waals surface area contributed by atoms with Crippen molar-refractivity contribution >= 4 is 15.9 Å². The van der Waals surface area contributed by atoms with Crippen LogP contribution in [0, 0.1) is 5.82 Å². The molecule has 1 atom stereocenters. The van der Waals surface area contributed by atoms with Crippen molar-refractivity contribution in [1.29, 1.82) is 0 Å². The SMILES string of the molecule is CCC(C)Oc1c(F)cccc1Br. The molecule has 0 aliphatic carbocycles. The summed E-state index contributed by atoms with van der Waals surface area (Å²) in [7, 11) is 0. The predicted molar refractivity (Wildman–Crippen MR) is 54.5 cm³/mol. The fraction of sp³-hybridized carbons (Fsp3) is 0.400. The second kappa shape index (κ2) is 4.61. The maximum Gasteiger partial charge on any atom is 0.169 e. The van der Waals surface area contributed by atoms with Crippen molar-refractivity contribution in [2.24, 2.45) is 0 Å². The lowest BCUT2D eigenvalue weighted by atomic mass is 10.3. The molecule has 1 nitrogen and oxygen atoms in total. The zero-order chi connectivity index (χ0) is 9.84. The zero-order valence-corrected chi connectivity index (χ0v) is 9.27. The predicted octanol–water partition coefficient (Wildman–Crippen LogP) is 3.77. The molecule has 0 amide bonds. The van der Waals surface area contributed by atoms with E-state index in [1.165, 1.54) is 6.07 Å². The fourth-order valence-corrected chi connectivity index (χ4v) is 1.32. The molecule has 0 radical (unpaired) electrons. The molecule has 1 unspecified atom stereocenters. The Kier molecular flexibility index (Phi) is 3.72. The number of rotatable bonds is 3. The first-order valence-corrected chi connectivity index (χ1v) is 5.05. The van der Waals surface area contributed by atoms with E-state index in [-0.39, 0.29) is 11.9 Å². The van der Waals surface area contributed by atoms with E-state index in [1.807, 2.05) is 13.8 Å². The Labute approximate surface area is 86.0 Å². The normalized spacial score (nSPS) is 12.6. The Morgan fingerprint density at radius 1 is 1.54 bits per heavy atom. The Balaban J connectivity index is 2.87. The summed E-state index contributed by atoms with van der Waals surface area (Å²) in [5.74, 6) is -0.0217. The molecule has 0 aromatic heterocycles. The van der Waals surface area contributed by atoms with Gasteiger partial charge in [-0.25, -0.2) is 4.39 Å². The van der Waals surface area contributed by atoms with Crippen molar-refractivity contribution < 1.29 is 9.13 Å². The number of halogens is 2. The molecule has 3 heteroatoms. The highest BCUT2D eigenvalue weighted by atomic mass is 79.9. The van der Waals surface area contributed by atoms with E-state index in [9.17, 15) is 4.39 Å². The van der Waals surface area contributed by atoms with E-state index < -0.39 is 0 Å². The van der Waals surface area contributed by atoms with Crippen LogP contribution in [0.2, 0.25) is 0 Å². The second-order valence-electron chi connectivity index (χ2n) is 2.89. The molecular weight excluding hydrogens is 235 g/mol. The van der Waals surface area contributed by atoms with Crippen molar-refractivity contribution in [3.8, 4) is 5.75 Å². The first-order chi connectivity index (χ1) is 6.15. The Morgan fingerprint density at radius 2 is 2.23 bits per heavy atom. The van der Waals surface area contributed by atoms with Crippen LogP contribution in [-0.2, 0) is 0 Å². The molecule has 0 N–H and O–H groups in total. The zero-order valence-electron chi connectivity index (χ0n) is 7.68. The Morgan fingerprint density at radius 3 is 2.77 bits per heavy atom. The van der Waals surface area contributed by atoms with Crippen LogP contribution in [-0.4, -0.2) is 6.10 Å². The summed E-state index contributed by atoms with van der Waals surface area (Å²) < 4.78 is 19.3. The van der Waals surface area contributed by atoms with Gasteiger partial charge < -0.3 is 4.74 Å². The summed E-state index contributed by atoms with van der Waals surface area (Å²) in [6.45, 7) is 3.91. The molecule has 0 bridgehead atoms. The number of benzene rings is 1. The quantitative estimate of drug-likeness (QED) is 0.790. The fourth-order valence-electron chi connectivity index (χ4n) is 0.880. The van der Waals surface area contributed by atoms with Gasteiger partial charge in [0.15, 0.2) is 11.6 Å². The van der Waals surface area contributed by atoms with Crippen LogP contribution >= 0.6 is 15.9 Å². The second-order valence-corrected chi connectivity index (χ2v) is 3.74. The van der Waals surface area contributed by atoms with E-state index in [0.717, 1.165) is 6.42 Å². The Bertz CT molecular complexity index is 268. The molecule has 0 aliphatic heterocycles. The molecular formula is C10H12BrFO. The van der Waals surface area contributed by atoms with E-state index in [4.69, 9.17) is 4.74 Å². The molecule has 1 aromatic carbocycles. The summed E-state index contributed by atoms with van der Waals surface area (Å²) in [6.07, 6.45) is 0.897. The summed E-state index contributed by atoms with van der Waals surface area (Å²) in [5.41, 5.74) is 0. The molecule has 1 rings (SSSR count). The minimum Gasteiger partial charge on any atom is -0.486 e. The average Bonchev–Trinajstić information content (AvgIpc) is 2.11. The van der Waals surface area contributed by atoms with Gasteiger partial charge in [-0.1, -0.05) is 13.0 Å². The molecule has 0 aliphatic rings. The first kappa shape index (κ1) is 10.5. The van der Waals surface area contributed by atoms with Gasteiger partial charge in [-0.2, -0.15) is 0 Å². The molecule has 13 heavy (non-hydrogen) atoms. The van der Waals surface area contributed by atoms with Gasteiger partial charge in [0.1, 0.15) is 0 Å². The molecule has 72 valence electrons. The Hall–Kier alpha value is -0.570. The summed E-state index contributed by atoms with van der Waals surface area (Å²) in [4.78, 5) is 0. The lowest BCUT2D eigenvalue weighted by Crippen LogP contribution is -2.11. The van der Waals surface area contributed by atoms with Gasteiger partial charge >= 0.3 is 0 Å². The van der Waals surface area contributed by atoms with E-state index >= 15 is 0 Å². The molecule has 1 aromatic rings. The van der Waals surface area contributed by atoms with Crippen LogP contribution in [0.3, 0.4) is 0 Å². The van der Waals surface area contributed by atoms with Crippen molar-refractivity contribution in [2.75, 3.05) is 0 Å². The van der Waals surface area contributed by atoms with Gasteiger partial charge in [0, 0.05) is 0 Å². The first-order valence-electron chi connectivity index (χ1n) is 4.25. The molecule has 0 saturated carbocycles. The highest BCUT2D eigenvalue weighted by Gasteiger charge is 2.10. The molecule has 0 spiro atoms. The van der Waals surface area contributed by atoms with Crippen molar-refractivity contribution in [3.63, 3.8) is 0 Å². The third kappa shape index (κ3) is 2.69. The lowest BCUT2D eigenvalue weighted by Gasteiger charge is -2.14. The third-order valence-corrected chi connectivity index (χ3v) is 2.44. The van der Waals surface area contributed by atoms with Crippen LogP contribution in [0.25, 0.3) is 0 Å². The van der Waals surface area contributed by atoms with Crippen LogP contribution in [0.5, 0.6) is 5.75 Å². The van der Waals surface area contributed by atoms with Crippen LogP contribution in [0.1, 0.15) is 20.3 Å². The monoisotopic (exact) mass is 246 g/mol. The smallest absolute Gasteiger partial charge is 0.169 e. The van der Waals surface area contributed by atoms with Gasteiger partial charge in [0.05, 0.1) is 10.6 Å². The summed E-state index contributed by atoms with van der Waals surface area (Å²) in [6, 6.07) is 4.80. The van der Waals surface area contributed by atoms with E-state index in [2.05, 4.69) is 15.9 Å². The molecule has 0 heterocycles. The van der Waals surface area contributed by atoms with Gasteiger partial charge in [-0.3, -0.25) is 0 Å². The molecule has 0 fully saturated rings. The largest absolute Gasteiger partial charge is 0.486 e. The van der Waals surface area contributed by atoms with Crippen molar-refractivity contribution in [2.45, 2.75) is 26.4 Å². The van der Waals surface area contributed by atoms with Gasteiger partial charge in [0.25, 0.3) is 0 Å². The minimum absolute atomic E-state index is 0.0354. The van der Waals surface area contributed by atoms with Gasteiger partial charge in [0.2, 0.25) is 0 Å². The lowest BCUT2D eigenvalue weighted by molar-refractivity contribution is 0.206. The average molecular weight is 247 g/mol.